The minimum atomic E-state index is 0.0528. The van der Waals surface area contributed by atoms with Crippen LogP contribution in [0.4, 0.5) is 5.69 Å². The highest BCUT2D eigenvalue weighted by atomic mass is 16.2. The Balaban J connectivity index is 2.12. The van der Waals surface area contributed by atoms with Crippen LogP contribution in [0.1, 0.15) is 16.7 Å². The molecule has 4 heteroatoms. The number of nitrogens with two attached hydrogens (primary N) is 1. The fraction of sp³-hybridized carbons (Fsp3) is 0.533. The van der Waals surface area contributed by atoms with Crippen LogP contribution in [-0.2, 0) is 4.79 Å². The Kier molecular flexibility index (Phi) is 4.10. The van der Waals surface area contributed by atoms with E-state index in [1.165, 1.54) is 22.4 Å². The number of carbonyl (C=O) groups excluding carboxylic acids is 1. The molecule has 1 amide bonds. The minimum Gasteiger partial charge on any atom is -0.368 e. The van der Waals surface area contributed by atoms with Gasteiger partial charge < -0.3 is 15.5 Å². The fourth-order valence-corrected chi connectivity index (χ4v) is 2.98. The molecule has 104 valence electrons. The second-order valence-corrected chi connectivity index (χ2v) is 5.32. The van der Waals surface area contributed by atoms with Crippen LogP contribution in [0, 0.1) is 20.8 Å². The summed E-state index contributed by atoms with van der Waals surface area (Å²) in [5, 5.41) is 0. The highest BCUT2D eigenvalue weighted by Crippen LogP contribution is 2.27. The lowest BCUT2D eigenvalue weighted by Crippen LogP contribution is -2.50. The summed E-state index contributed by atoms with van der Waals surface area (Å²) >= 11 is 0. The van der Waals surface area contributed by atoms with Crippen LogP contribution in [0.5, 0.6) is 0 Å². The van der Waals surface area contributed by atoms with Gasteiger partial charge in [0.1, 0.15) is 0 Å². The van der Waals surface area contributed by atoms with Crippen molar-refractivity contribution in [2.75, 3.05) is 37.6 Å². The number of hydrogen-bond acceptors (Lipinski definition) is 3. The Morgan fingerprint density at radius 3 is 2.11 bits per heavy atom. The van der Waals surface area contributed by atoms with Gasteiger partial charge in [-0.05, 0) is 31.9 Å². The Hall–Kier alpha value is -1.55. The maximum Gasteiger partial charge on any atom is 0.236 e. The monoisotopic (exact) mass is 261 g/mol. The van der Waals surface area contributed by atoms with Crippen molar-refractivity contribution >= 4 is 11.6 Å². The third-order valence-electron chi connectivity index (χ3n) is 3.76. The van der Waals surface area contributed by atoms with Gasteiger partial charge in [-0.1, -0.05) is 17.7 Å². The minimum absolute atomic E-state index is 0.0528. The van der Waals surface area contributed by atoms with Crippen molar-refractivity contribution in [1.82, 2.24) is 4.90 Å². The molecule has 1 aromatic rings. The van der Waals surface area contributed by atoms with E-state index in [4.69, 9.17) is 5.73 Å². The zero-order valence-electron chi connectivity index (χ0n) is 12.1. The highest BCUT2D eigenvalue weighted by molar-refractivity contribution is 5.78. The normalized spacial score (nSPS) is 15.8. The van der Waals surface area contributed by atoms with Gasteiger partial charge in [0.05, 0.1) is 6.54 Å². The number of benzene rings is 1. The predicted molar refractivity (Wildman–Crippen MR) is 78.5 cm³/mol. The van der Waals surface area contributed by atoms with E-state index in [0.29, 0.717) is 0 Å². The summed E-state index contributed by atoms with van der Waals surface area (Å²) < 4.78 is 0. The van der Waals surface area contributed by atoms with E-state index in [2.05, 4.69) is 37.8 Å². The van der Waals surface area contributed by atoms with Crippen LogP contribution < -0.4 is 10.6 Å². The van der Waals surface area contributed by atoms with E-state index in [-0.39, 0.29) is 12.5 Å². The summed E-state index contributed by atoms with van der Waals surface area (Å²) in [5.74, 6) is 0.0528. The zero-order chi connectivity index (χ0) is 14.0. The van der Waals surface area contributed by atoms with Crippen molar-refractivity contribution in [2.24, 2.45) is 5.73 Å². The first-order valence-electron chi connectivity index (χ1n) is 6.83. The number of anilines is 1. The number of hydrogen-bond donors (Lipinski definition) is 1. The highest BCUT2D eigenvalue weighted by Gasteiger charge is 2.22. The Labute approximate surface area is 115 Å². The first-order chi connectivity index (χ1) is 9.02. The van der Waals surface area contributed by atoms with Crippen LogP contribution in [0.25, 0.3) is 0 Å². The molecule has 0 saturated carbocycles. The Morgan fingerprint density at radius 2 is 1.63 bits per heavy atom. The van der Waals surface area contributed by atoms with Crippen molar-refractivity contribution in [3.8, 4) is 0 Å². The standard InChI is InChI=1S/C15H23N3O/c1-11-8-12(2)15(13(3)9-11)18-6-4-17(5-7-18)14(19)10-16/h8-9H,4-7,10,16H2,1-3H3. The molecule has 0 atom stereocenters. The third kappa shape index (κ3) is 2.89. The molecule has 0 bridgehead atoms. The molecule has 1 heterocycles. The van der Waals surface area contributed by atoms with Gasteiger partial charge in [-0.25, -0.2) is 0 Å². The molecule has 2 N–H and O–H groups in total. The van der Waals surface area contributed by atoms with Crippen molar-refractivity contribution < 1.29 is 4.79 Å². The van der Waals surface area contributed by atoms with Gasteiger partial charge in [0.25, 0.3) is 0 Å². The van der Waals surface area contributed by atoms with Crippen LogP contribution in [0.15, 0.2) is 12.1 Å². The van der Waals surface area contributed by atoms with Gasteiger partial charge in [0, 0.05) is 31.9 Å². The van der Waals surface area contributed by atoms with Crippen molar-refractivity contribution in [2.45, 2.75) is 20.8 Å². The Bertz CT molecular complexity index is 453. The number of piperazine rings is 1. The lowest BCUT2D eigenvalue weighted by molar-refractivity contribution is -0.129. The summed E-state index contributed by atoms with van der Waals surface area (Å²) in [6.45, 7) is 9.86. The Morgan fingerprint density at radius 1 is 1.11 bits per heavy atom. The second-order valence-electron chi connectivity index (χ2n) is 5.32. The average Bonchev–Trinajstić information content (AvgIpc) is 2.37. The molecular weight excluding hydrogens is 238 g/mol. The van der Waals surface area contributed by atoms with Crippen LogP contribution in [-0.4, -0.2) is 43.5 Å². The number of nitrogens with zero attached hydrogens (tertiary/aromatic N) is 2. The molecule has 2 rings (SSSR count). The summed E-state index contributed by atoms with van der Waals surface area (Å²) in [6.07, 6.45) is 0. The second kappa shape index (κ2) is 5.61. The molecule has 0 aliphatic carbocycles. The maximum absolute atomic E-state index is 11.6. The van der Waals surface area contributed by atoms with Gasteiger partial charge in [-0.15, -0.1) is 0 Å². The largest absolute Gasteiger partial charge is 0.368 e. The van der Waals surface area contributed by atoms with Crippen LogP contribution in [0.3, 0.4) is 0 Å². The molecule has 1 aromatic carbocycles. The number of rotatable bonds is 2. The summed E-state index contributed by atoms with van der Waals surface area (Å²) in [6, 6.07) is 4.44. The maximum atomic E-state index is 11.6. The summed E-state index contributed by atoms with van der Waals surface area (Å²) in [4.78, 5) is 15.8. The van der Waals surface area contributed by atoms with E-state index in [1.54, 1.807) is 0 Å². The molecule has 0 unspecified atom stereocenters. The smallest absolute Gasteiger partial charge is 0.236 e. The topological polar surface area (TPSA) is 49.6 Å². The van der Waals surface area contributed by atoms with Gasteiger partial charge in [0.2, 0.25) is 5.91 Å². The molecule has 1 aliphatic heterocycles. The van der Waals surface area contributed by atoms with E-state index in [9.17, 15) is 4.79 Å². The van der Waals surface area contributed by atoms with Gasteiger partial charge in [0.15, 0.2) is 0 Å². The molecule has 0 radical (unpaired) electrons. The molecule has 1 fully saturated rings. The number of amides is 1. The number of aryl methyl sites for hydroxylation is 3. The summed E-state index contributed by atoms with van der Waals surface area (Å²) in [7, 11) is 0. The van der Waals surface area contributed by atoms with Crippen molar-refractivity contribution in [3.05, 3.63) is 28.8 Å². The van der Waals surface area contributed by atoms with Crippen molar-refractivity contribution in [3.63, 3.8) is 0 Å². The molecule has 4 nitrogen and oxygen atoms in total. The third-order valence-corrected chi connectivity index (χ3v) is 3.76. The number of carbonyl (C=O) groups is 1. The van der Waals surface area contributed by atoms with Crippen LogP contribution in [0.2, 0.25) is 0 Å². The zero-order valence-corrected chi connectivity index (χ0v) is 12.1. The van der Waals surface area contributed by atoms with Gasteiger partial charge in [-0.3, -0.25) is 4.79 Å². The molecule has 0 spiro atoms. The van der Waals surface area contributed by atoms with E-state index in [1.807, 2.05) is 4.90 Å². The van der Waals surface area contributed by atoms with E-state index < -0.39 is 0 Å². The molecule has 19 heavy (non-hydrogen) atoms. The van der Waals surface area contributed by atoms with E-state index >= 15 is 0 Å². The molecule has 1 aliphatic rings. The quantitative estimate of drug-likeness (QED) is 0.871. The molecule has 0 aromatic heterocycles. The van der Waals surface area contributed by atoms with Gasteiger partial charge >= 0.3 is 0 Å². The molecular formula is C15H23N3O. The average molecular weight is 261 g/mol. The first-order valence-corrected chi connectivity index (χ1v) is 6.83. The van der Waals surface area contributed by atoms with Crippen LogP contribution >= 0.6 is 0 Å². The van der Waals surface area contributed by atoms with Gasteiger partial charge in [-0.2, -0.15) is 0 Å². The lowest BCUT2D eigenvalue weighted by atomic mass is 10.0. The summed E-state index contributed by atoms with van der Waals surface area (Å²) in [5.41, 5.74) is 10.7. The lowest BCUT2D eigenvalue weighted by Gasteiger charge is -2.37. The van der Waals surface area contributed by atoms with E-state index in [0.717, 1.165) is 26.2 Å². The predicted octanol–water partition coefficient (Wildman–Crippen LogP) is 1.22. The SMILES string of the molecule is Cc1cc(C)c(N2CCN(C(=O)CN)CC2)c(C)c1. The van der Waals surface area contributed by atoms with Crippen molar-refractivity contribution in [1.29, 1.82) is 0 Å². The first kappa shape index (κ1) is 13.9. The molecule has 1 saturated heterocycles. The fourth-order valence-electron chi connectivity index (χ4n) is 2.98.